The summed E-state index contributed by atoms with van der Waals surface area (Å²) in [6.07, 6.45) is 1.24. The van der Waals surface area contributed by atoms with Gasteiger partial charge in [-0.3, -0.25) is 4.79 Å². The molecule has 0 atom stereocenters. The SMILES string of the molecule is CCCCNC(=O)CNCCOC(N)=O. The van der Waals surface area contributed by atoms with E-state index in [2.05, 4.69) is 22.3 Å². The topological polar surface area (TPSA) is 93.4 Å². The van der Waals surface area contributed by atoms with Crippen LogP contribution in [-0.2, 0) is 9.53 Å². The maximum atomic E-state index is 11.1. The Hall–Kier alpha value is -1.30. The zero-order chi connectivity index (χ0) is 11.5. The Bertz CT molecular complexity index is 197. The molecule has 0 aliphatic heterocycles. The molecule has 6 nitrogen and oxygen atoms in total. The number of hydrogen-bond donors (Lipinski definition) is 3. The number of carbonyl (C=O) groups excluding carboxylic acids is 2. The fourth-order valence-electron chi connectivity index (χ4n) is 0.893. The van der Waals surface area contributed by atoms with Gasteiger partial charge in [-0.15, -0.1) is 0 Å². The normalized spacial score (nSPS) is 9.67. The van der Waals surface area contributed by atoms with Gasteiger partial charge in [-0.25, -0.2) is 4.79 Å². The molecular weight excluding hydrogens is 198 g/mol. The van der Waals surface area contributed by atoms with Crippen LogP contribution in [0.15, 0.2) is 0 Å². The van der Waals surface area contributed by atoms with Crippen LogP contribution < -0.4 is 16.4 Å². The highest BCUT2D eigenvalue weighted by molar-refractivity contribution is 5.77. The van der Waals surface area contributed by atoms with Crippen LogP contribution in [0.25, 0.3) is 0 Å². The van der Waals surface area contributed by atoms with E-state index in [4.69, 9.17) is 5.73 Å². The van der Waals surface area contributed by atoms with Crippen LogP contribution in [-0.4, -0.2) is 38.2 Å². The first-order valence-corrected chi connectivity index (χ1v) is 5.06. The molecule has 0 aromatic heterocycles. The lowest BCUT2D eigenvalue weighted by atomic mass is 10.3. The van der Waals surface area contributed by atoms with Crippen LogP contribution in [0.2, 0.25) is 0 Å². The van der Waals surface area contributed by atoms with E-state index in [-0.39, 0.29) is 19.1 Å². The van der Waals surface area contributed by atoms with Gasteiger partial charge >= 0.3 is 6.09 Å². The second-order valence-electron chi connectivity index (χ2n) is 3.05. The molecule has 15 heavy (non-hydrogen) atoms. The lowest BCUT2D eigenvalue weighted by molar-refractivity contribution is -0.120. The molecule has 6 heteroatoms. The van der Waals surface area contributed by atoms with Crippen LogP contribution >= 0.6 is 0 Å². The van der Waals surface area contributed by atoms with E-state index in [1.165, 1.54) is 0 Å². The third-order valence-electron chi connectivity index (χ3n) is 1.66. The number of primary amides is 1. The van der Waals surface area contributed by atoms with Crippen molar-refractivity contribution in [1.29, 1.82) is 0 Å². The smallest absolute Gasteiger partial charge is 0.404 e. The number of nitrogens with one attached hydrogen (secondary N) is 2. The van der Waals surface area contributed by atoms with Gasteiger partial charge in [-0.05, 0) is 6.42 Å². The number of nitrogens with two attached hydrogens (primary N) is 1. The van der Waals surface area contributed by atoms with E-state index >= 15 is 0 Å². The molecule has 0 saturated heterocycles. The lowest BCUT2D eigenvalue weighted by Gasteiger charge is -2.05. The summed E-state index contributed by atoms with van der Waals surface area (Å²) in [6.45, 7) is 3.59. The first-order valence-electron chi connectivity index (χ1n) is 5.06. The van der Waals surface area contributed by atoms with Gasteiger partial charge in [0.2, 0.25) is 5.91 Å². The fraction of sp³-hybridized carbons (Fsp3) is 0.778. The van der Waals surface area contributed by atoms with Gasteiger partial charge in [0.15, 0.2) is 0 Å². The maximum Gasteiger partial charge on any atom is 0.404 e. The summed E-state index contributed by atoms with van der Waals surface area (Å²) in [5.74, 6) is -0.0532. The minimum Gasteiger partial charge on any atom is -0.448 e. The minimum absolute atomic E-state index is 0.0532. The van der Waals surface area contributed by atoms with Gasteiger partial charge in [-0.2, -0.15) is 0 Å². The standard InChI is InChI=1S/C9H19N3O3/c1-2-3-4-12-8(13)7-11-5-6-15-9(10)14/h11H,2-7H2,1H3,(H2,10,14)(H,12,13). The summed E-state index contributed by atoms with van der Waals surface area (Å²) < 4.78 is 4.47. The quantitative estimate of drug-likeness (QED) is 0.482. The number of ether oxygens (including phenoxy) is 1. The number of hydrogen-bond acceptors (Lipinski definition) is 4. The molecule has 4 N–H and O–H groups in total. The first kappa shape index (κ1) is 13.7. The number of unbranched alkanes of at least 4 members (excludes halogenated alkanes) is 1. The van der Waals surface area contributed by atoms with Crippen LogP contribution in [0.1, 0.15) is 19.8 Å². The summed E-state index contributed by atoms with van der Waals surface area (Å²) in [6, 6.07) is 0. The van der Waals surface area contributed by atoms with Crippen molar-refractivity contribution in [3.8, 4) is 0 Å². The summed E-state index contributed by atoms with van der Waals surface area (Å²) in [5.41, 5.74) is 4.75. The van der Waals surface area contributed by atoms with Gasteiger partial charge < -0.3 is 21.1 Å². The van der Waals surface area contributed by atoms with Gasteiger partial charge in [0.25, 0.3) is 0 Å². The van der Waals surface area contributed by atoms with E-state index in [0.29, 0.717) is 13.1 Å². The third kappa shape index (κ3) is 10.6. The molecule has 0 aromatic rings. The highest BCUT2D eigenvalue weighted by Gasteiger charge is 1.99. The van der Waals surface area contributed by atoms with Gasteiger partial charge in [0, 0.05) is 13.1 Å². The van der Waals surface area contributed by atoms with Crippen LogP contribution in [0.3, 0.4) is 0 Å². The van der Waals surface area contributed by atoms with Crippen molar-refractivity contribution < 1.29 is 14.3 Å². The lowest BCUT2D eigenvalue weighted by Crippen LogP contribution is -2.36. The fourth-order valence-corrected chi connectivity index (χ4v) is 0.893. The molecular formula is C9H19N3O3. The number of rotatable bonds is 8. The summed E-state index contributed by atoms with van der Waals surface area (Å²) in [5, 5.41) is 5.57. The predicted octanol–water partition coefficient (Wildman–Crippen LogP) is -0.412. The van der Waals surface area contributed by atoms with Crippen LogP contribution in [0, 0.1) is 0 Å². The summed E-state index contributed by atoms with van der Waals surface area (Å²) >= 11 is 0. The van der Waals surface area contributed by atoms with Crippen molar-refractivity contribution in [1.82, 2.24) is 10.6 Å². The average Bonchev–Trinajstić information content (AvgIpc) is 2.17. The van der Waals surface area contributed by atoms with Crippen molar-refractivity contribution in [2.24, 2.45) is 5.73 Å². The molecule has 0 rings (SSSR count). The number of amides is 2. The second-order valence-corrected chi connectivity index (χ2v) is 3.05. The molecule has 0 aromatic carbocycles. The second kappa shape index (κ2) is 9.26. The van der Waals surface area contributed by atoms with Crippen LogP contribution in [0.4, 0.5) is 4.79 Å². The van der Waals surface area contributed by atoms with Crippen molar-refractivity contribution in [2.45, 2.75) is 19.8 Å². The Kier molecular flexibility index (Phi) is 8.46. The van der Waals surface area contributed by atoms with E-state index in [0.717, 1.165) is 12.8 Å². The third-order valence-corrected chi connectivity index (χ3v) is 1.66. The Balaban J connectivity index is 3.20. The summed E-state index contributed by atoms with van der Waals surface area (Å²) in [7, 11) is 0. The van der Waals surface area contributed by atoms with Gasteiger partial charge in [0.05, 0.1) is 6.54 Å². The maximum absolute atomic E-state index is 11.1. The molecule has 0 aliphatic carbocycles. The van der Waals surface area contributed by atoms with Gasteiger partial charge in [0.1, 0.15) is 6.61 Å². The molecule has 88 valence electrons. The van der Waals surface area contributed by atoms with Crippen LogP contribution in [0.5, 0.6) is 0 Å². The summed E-state index contributed by atoms with van der Waals surface area (Å²) in [4.78, 5) is 21.3. The molecule has 0 heterocycles. The zero-order valence-corrected chi connectivity index (χ0v) is 9.04. The zero-order valence-electron chi connectivity index (χ0n) is 9.04. The highest BCUT2D eigenvalue weighted by Crippen LogP contribution is 1.81. The van der Waals surface area contributed by atoms with E-state index in [9.17, 15) is 9.59 Å². The number of carbonyl (C=O) groups is 2. The molecule has 0 unspecified atom stereocenters. The Morgan fingerprint density at radius 2 is 2.07 bits per heavy atom. The molecule has 2 amide bonds. The van der Waals surface area contributed by atoms with Gasteiger partial charge in [-0.1, -0.05) is 13.3 Å². The first-order chi connectivity index (χ1) is 7.16. The Labute approximate surface area is 89.5 Å². The van der Waals surface area contributed by atoms with E-state index in [1.54, 1.807) is 0 Å². The van der Waals surface area contributed by atoms with E-state index < -0.39 is 6.09 Å². The predicted molar refractivity (Wildman–Crippen MR) is 56.3 cm³/mol. The molecule has 0 bridgehead atoms. The molecule has 0 radical (unpaired) electrons. The average molecular weight is 217 g/mol. The molecule has 0 fully saturated rings. The monoisotopic (exact) mass is 217 g/mol. The Morgan fingerprint density at radius 3 is 2.67 bits per heavy atom. The largest absolute Gasteiger partial charge is 0.448 e. The highest BCUT2D eigenvalue weighted by atomic mass is 16.5. The molecule has 0 saturated carbocycles. The van der Waals surface area contributed by atoms with E-state index in [1.807, 2.05) is 0 Å². The molecule has 0 aliphatic rings. The van der Waals surface area contributed by atoms with Crippen molar-refractivity contribution in [2.75, 3.05) is 26.2 Å². The van der Waals surface area contributed by atoms with Crippen molar-refractivity contribution >= 4 is 12.0 Å². The Morgan fingerprint density at radius 1 is 1.33 bits per heavy atom. The minimum atomic E-state index is -0.802. The van der Waals surface area contributed by atoms with Crippen molar-refractivity contribution in [3.05, 3.63) is 0 Å². The molecule has 0 spiro atoms. The van der Waals surface area contributed by atoms with Crippen molar-refractivity contribution in [3.63, 3.8) is 0 Å².